The van der Waals surface area contributed by atoms with E-state index in [1.807, 2.05) is 42.5 Å². The molecule has 0 unspecified atom stereocenters. The Kier molecular flexibility index (Phi) is 5.85. The monoisotopic (exact) mass is 485 g/mol. The number of aromatic carboxylic acids is 1. The molecule has 5 nitrogen and oxygen atoms in total. The van der Waals surface area contributed by atoms with E-state index in [4.69, 9.17) is 10.2 Å². The number of carboxylic acid groups (broad SMARTS) is 1. The molecule has 5 rings (SSSR count). The second-order valence-electron chi connectivity index (χ2n) is 8.09. The van der Waals surface area contributed by atoms with Crippen LogP contribution in [0.4, 0.5) is 18.9 Å². The number of benzene rings is 4. The van der Waals surface area contributed by atoms with E-state index < -0.39 is 17.7 Å². The van der Waals surface area contributed by atoms with Gasteiger partial charge < -0.3 is 5.11 Å². The minimum Gasteiger partial charge on any atom is -0.478 e. The normalized spacial score (nSPS) is 11.9. The van der Waals surface area contributed by atoms with Crippen LogP contribution in [0.5, 0.6) is 0 Å². The minimum atomic E-state index is -4.41. The zero-order valence-electron chi connectivity index (χ0n) is 18.6. The number of rotatable bonds is 5. The van der Waals surface area contributed by atoms with Crippen LogP contribution in [0.15, 0.2) is 102 Å². The summed E-state index contributed by atoms with van der Waals surface area (Å²) < 4.78 is 40.2. The smallest absolute Gasteiger partial charge is 0.416 e. The summed E-state index contributed by atoms with van der Waals surface area (Å²) in [5.41, 5.74) is 2.54. The van der Waals surface area contributed by atoms with Gasteiger partial charge in [0.2, 0.25) is 0 Å². The highest BCUT2D eigenvalue weighted by atomic mass is 19.4. The molecule has 8 heteroatoms. The summed E-state index contributed by atoms with van der Waals surface area (Å²) in [7, 11) is 0. The van der Waals surface area contributed by atoms with Crippen molar-refractivity contribution in [2.45, 2.75) is 6.18 Å². The van der Waals surface area contributed by atoms with Gasteiger partial charge in [-0.05, 0) is 65.4 Å². The van der Waals surface area contributed by atoms with E-state index in [1.165, 1.54) is 24.3 Å². The van der Waals surface area contributed by atoms with Crippen LogP contribution in [-0.4, -0.2) is 27.1 Å². The van der Waals surface area contributed by atoms with Crippen molar-refractivity contribution in [3.8, 4) is 16.9 Å². The Labute approximate surface area is 203 Å². The molecule has 0 saturated carbocycles. The molecule has 36 heavy (non-hydrogen) atoms. The second-order valence-corrected chi connectivity index (χ2v) is 8.09. The molecule has 5 aromatic rings. The van der Waals surface area contributed by atoms with Gasteiger partial charge >= 0.3 is 12.1 Å². The van der Waals surface area contributed by atoms with E-state index >= 15 is 0 Å². The van der Waals surface area contributed by atoms with Crippen LogP contribution >= 0.6 is 0 Å². The number of halogens is 3. The van der Waals surface area contributed by atoms with Crippen molar-refractivity contribution in [1.82, 2.24) is 9.78 Å². The third-order valence-corrected chi connectivity index (χ3v) is 5.69. The van der Waals surface area contributed by atoms with Gasteiger partial charge in [0.1, 0.15) is 5.69 Å². The molecule has 4 aromatic carbocycles. The highest BCUT2D eigenvalue weighted by molar-refractivity contribution is 5.93. The molecular weight excluding hydrogens is 467 g/mol. The molecule has 0 saturated heterocycles. The Bertz CT molecular complexity index is 1590. The molecule has 0 amide bonds. The van der Waals surface area contributed by atoms with E-state index in [2.05, 4.69) is 4.99 Å². The predicted molar refractivity (Wildman–Crippen MR) is 132 cm³/mol. The first-order valence-electron chi connectivity index (χ1n) is 10.9. The highest BCUT2D eigenvalue weighted by Crippen LogP contribution is 2.31. The van der Waals surface area contributed by atoms with E-state index in [9.17, 15) is 18.0 Å². The van der Waals surface area contributed by atoms with Crippen molar-refractivity contribution in [2.24, 2.45) is 4.99 Å². The quantitative estimate of drug-likeness (QED) is 0.269. The number of alkyl halides is 3. The summed E-state index contributed by atoms with van der Waals surface area (Å²) in [6.07, 6.45) is -1.11. The molecule has 0 atom stereocenters. The Balaban J connectivity index is 1.56. The fraction of sp³-hybridized carbons (Fsp3) is 0.0357. The first kappa shape index (κ1) is 23.0. The lowest BCUT2D eigenvalue weighted by atomic mass is 10.0. The lowest BCUT2D eigenvalue weighted by Gasteiger charge is -2.05. The van der Waals surface area contributed by atoms with Gasteiger partial charge in [0.15, 0.2) is 0 Å². The molecule has 1 aromatic heterocycles. The fourth-order valence-corrected chi connectivity index (χ4v) is 3.81. The van der Waals surface area contributed by atoms with E-state index in [-0.39, 0.29) is 5.56 Å². The van der Waals surface area contributed by atoms with Crippen molar-refractivity contribution in [1.29, 1.82) is 0 Å². The third kappa shape index (κ3) is 4.74. The molecule has 0 aliphatic rings. The predicted octanol–water partition coefficient (Wildman–Crippen LogP) is 7.16. The maximum Gasteiger partial charge on any atom is 0.416 e. The molecule has 178 valence electrons. The summed E-state index contributed by atoms with van der Waals surface area (Å²) in [6, 6.07) is 24.7. The number of carboxylic acids is 1. The van der Waals surface area contributed by atoms with Gasteiger partial charge in [-0.25, -0.2) is 9.48 Å². The van der Waals surface area contributed by atoms with Crippen LogP contribution in [0.25, 0.3) is 27.7 Å². The fourth-order valence-electron chi connectivity index (χ4n) is 3.81. The summed E-state index contributed by atoms with van der Waals surface area (Å²) in [6.45, 7) is 0. The lowest BCUT2D eigenvalue weighted by Crippen LogP contribution is -2.03. The van der Waals surface area contributed by atoms with Crippen molar-refractivity contribution in [2.75, 3.05) is 0 Å². The third-order valence-electron chi connectivity index (χ3n) is 5.69. The van der Waals surface area contributed by atoms with E-state index in [0.717, 1.165) is 28.5 Å². The van der Waals surface area contributed by atoms with Gasteiger partial charge in [0.05, 0.1) is 22.5 Å². The van der Waals surface area contributed by atoms with Crippen LogP contribution in [0.3, 0.4) is 0 Å². The summed E-state index contributed by atoms with van der Waals surface area (Å²) >= 11 is 0. The number of aromatic nitrogens is 2. The lowest BCUT2D eigenvalue weighted by molar-refractivity contribution is -0.137. The Hall–Kier alpha value is -4.72. The largest absolute Gasteiger partial charge is 0.478 e. The Morgan fingerprint density at radius 3 is 2.25 bits per heavy atom. The number of fused-ring (bicyclic) bond motifs is 1. The van der Waals surface area contributed by atoms with Gasteiger partial charge in [0.25, 0.3) is 0 Å². The van der Waals surface area contributed by atoms with Crippen LogP contribution < -0.4 is 0 Å². The molecule has 0 spiro atoms. The summed E-state index contributed by atoms with van der Waals surface area (Å²) in [5, 5.41) is 16.0. The van der Waals surface area contributed by atoms with Gasteiger partial charge in [-0.1, -0.05) is 36.4 Å². The van der Waals surface area contributed by atoms with Crippen LogP contribution in [-0.2, 0) is 6.18 Å². The van der Waals surface area contributed by atoms with Crippen molar-refractivity contribution >= 4 is 28.6 Å². The van der Waals surface area contributed by atoms with E-state index in [0.29, 0.717) is 22.6 Å². The Morgan fingerprint density at radius 2 is 1.58 bits per heavy atom. The van der Waals surface area contributed by atoms with Gasteiger partial charge in [-0.15, -0.1) is 0 Å². The van der Waals surface area contributed by atoms with Crippen LogP contribution in [0.1, 0.15) is 21.5 Å². The van der Waals surface area contributed by atoms with Crippen molar-refractivity contribution in [3.05, 3.63) is 114 Å². The molecule has 0 aliphatic heterocycles. The van der Waals surface area contributed by atoms with Crippen LogP contribution in [0.2, 0.25) is 0 Å². The first-order valence-corrected chi connectivity index (χ1v) is 10.9. The maximum absolute atomic E-state index is 12.9. The van der Waals surface area contributed by atoms with E-state index in [1.54, 1.807) is 29.2 Å². The number of hydrogen-bond acceptors (Lipinski definition) is 3. The zero-order chi connectivity index (χ0) is 25.3. The first-order chi connectivity index (χ1) is 17.3. The SMILES string of the molecule is O=C(O)c1ccc(-n2cc(C=Nc3ccc(C(F)(F)F)cc3)c(-c3ccc4ccccc4c3)n2)cc1. The number of aliphatic imine (C=N–C) groups is 1. The van der Waals surface area contributed by atoms with Crippen LogP contribution in [0, 0.1) is 0 Å². The minimum absolute atomic E-state index is 0.157. The molecule has 0 bridgehead atoms. The van der Waals surface area contributed by atoms with Gasteiger partial charge in [0, 0.05) is 23.5 Å². The molecule has 0 aliphatic carbocycles. The summed E-state index contributed by atoms with van der Waals surface area (Å²) in [4.78, 5) is 15.6. The maximum atomic E-state index is 12.9. The molecule has 0 fully saturated rings. The topological polar surface area (TPSA) is 67.5 Å². The van der Waals surface area contributed by atoms with Gasteiger partial charge in [-0.3, -0.25) is 4.99 Å². The number of nitrogens with zero attached hydrogens (tertiary/aromatic N) is 3. The van der Waals surface area contributed by atoms with Gasteiger partial charge in [-0.2, -0.15) is 18.3 Å². The number of hydrogen-bond donors (Lipinski definition) is 1. The van der Waals surface area contributed by atoms with Crippen molar-refractivity contribution < 1.29 is 23.1 Å². The molecule has 1 N–H and O–H groups in total. The number of carbonyl (C=O) groups is 1. The van der Waals surface area contributed by atoms with Crippen molar-refractivity contribution in [3.63, 3.8) is 0 Å². The molecule has 1 heterocycles. The average Bonchev–Trinajstić information content (AvgIpc) is 3.31. The highest BCUT2D eigenvalue weighted by Gasteiger charge is 2.29. The second kappa shape index (κ2) is 9.14. The Morgan fingerprint density at radius 1 is 0.889 bits per heavy atom. The zero-order valence-corrected chi connectivity index (χ0v) is 18.6. The molecule has 0 radical (unpaired) electrons. The standard InChI is InChI=1S/C28H18F3N3O2/c29-28(30,31)23-9-11-24(12-10-23)32-16-22-17-34(25-13-7-19(8-14-25)27(35)36)33-26(22)21-6-5-18-3-1-2-4-20(18)15-21/h1-17H,(H,35,36). The summed E-state index contributed by atoms with van der Waals surface area (Å²) in [5.74, 6) is -1.02. The molecular formula is C28H18F3N3O2. The average molecular weight is 485 g/mol.